The van der Waals surface area contributed by atoms with Crippen LogP contribution in [-0.2, 0) is 6.54 Å². The Morgan fingerprint density at radius 2 is 1.67 bits per heavy atom. The Balaban J connectivity index is 0.00000210. The molecule has 1 saturated heterocycles. The minimum absolute atomic E-state index is 0. The standard InChI is InChI=1S/C23H24N2O.ClH/c26-23-22-11-5-4-10-21(22)18-25(23)17-20-12-15-24(16-13-20)14-6-9-19-7-2-1-3-8-19;/h1-5,7-8,10-11,20H,12-18H2;1H. The third-order valence-electron chi connectivity index (χ3n) is 5.39. The van der Waals surface area contributed by atoms with Gasteiger partial charge in [0.05, 0.1) is 6.54 Å². The van der Waals surface area contributed by atoms with Crippen molar-refractivity contribution in [1.29, 1.82) is 0 Å². The largest absolute Gasteiger partial charge is 0.334 e. The van der Waals surface area contributed by atoms with Gasteiger partial charge in [0.2, 0.25) is 0 Å². The number of fused-ring (bicyclic) bond motifs is 1. The Kier molecular flexibility index (Phi) is 6.55. The van der Waals surface area contributed by atoms with Gasteiger partial charge in [0, 0.05) is 24.2 Å². The van der Waals surface area contributed by atoms with Crippen molar-refractivity contribution in [2.75, 3.05) is 26.2 Å². The van der Waals surface area contributed by atoms with Crippen molar-refractivity contribution in [3.63, 3.8) is 0 Å². The Morgan fingerprint density at radius 1 is 0.963 bits per heavy atom. The molecule has 1 fully saturated rings. The molecular formula is C23H25ClN2O. The van der Waals surface area contributed by atoms with Gasteiger partial charge in [-0.05, 0) is 55.6 Å². The van der Waals surface area contributed by atoms with Gasteiger partial charge >= 0.3 is 0 Å². The van der Waals surface area contributed by atoms with Gasteiger partial charge in [-0.2, -0.15) is 0 Å². The number of halogens is 1. The summed E-state index contributed by atoms with van der Waals surface area (Å²) in [6.45, 7) is 4.64. The van der Waals surface area contributed by atoms with E-state index in [2.05, 4.69) is 22.8 Å². The van der Waals surface area contributed by atoms with Crippen LogP contribution in [0.25, 0.3) is 0 Å². The van der Waals surface area contributed by atoms with Gasteiger partial charge in [-0.1, -0.05) is 48.2 Å². The van der Waals surface area contributed by atoms with Crippen LogP contribution in [0.4, 0.5) is 0 Å². The lowest BCUT2D eigenvalue weighted by molar-refractivity contribution is 0.0719. The fourth-order valence-electron chi connectivity index (χ4n) is 3.88. The maximum Gasteiger partial charge on any atom is 0.254 e. The maximum absolute atomic E-state index is 12.5. The van der Waals surface area contributed by atoms with Crippen molar-refractivity contribution < 1.29 is 4.79 Å². The van der Waals surface area contributed by atoms with Crippen molar-refractivity contribution in [3.05, 3.63) is 71.3 Å². The van der Waals surface area contributed by atoms with E-state index in [0.29, 0.717) is 5.92 Å². The molecule has 4 heteroatoms. The van der Waals surface area contributed by atoms with E-state index in [-0.39, 0.29) is 18.3 Å². The number of nitrogens with zero attached hydrogens (tertiary/aromatic N) is 2. The van der Waals surface area contributed by atoms with Crippen molar-refractivity contribution in [2.24, 2.45) is 5.92 Å². The highest BCUT2D eigenvalue weighted by Gasteiger charge is 2.29. The molecule has 0 aromatic heterocycles. The Bertz CT molecular complexity index is 832. The van der Waals surface area contributed by atoms with Gasteiger partial charge in [0.1, 0.15) is 0 Å². The van der Waals surface area contributed by atoms with Gasteiger partial charge in [0.15, 0.2) is 0 Å². The third-order valence-corrected chi connectivity index (χ3v) is 5.39. The van der Waals surface area contributed by atoms with E-state index < -0.39 is 0 Å². The monoisotopic (exact) mass is 380 g/mol. The van der Waals surface area contributed by atoms with Crippen molar-refractivity contribution >= 4 is 18.3 Å². The molecule has 0 saturated carbocycles. The Morgan fingerprint density at radius 3 is 2.41 bits per heavy atom. The highest BCUT2D eigenvalue weighted by molar-refractivity contribution is 5.98. The first-order valence-corrected chi connectivity index (χ1v) is 9.43. The first-order chi connectivity index (χ1) is 12.8. The van der Waals surface area contributed by atoms with E-state index >= 15 is 0 Å². The highest BCUT2D eigenvalue weighted by Crippen LogP contribution is 2.26. The minimum atomic E-state index is 0. The summed E-state index contributed by atoms with van der Waals surface area (Å²) in [5.74, 6) is 7.33. The first-order valence-electron chi connectivity index (χ1n) is 9.43. The quantitative estimate of drug-likeness (QED) is 0.755. The second kappa shape index (κ2) is 9.08. The number of likely N-dealkylation sites (tertiary alicyclic amines) is 1. The molecule has 2 heterocycles. The summed E-state index contributed by atoms with van der Waals surface area (Å²) < 4.78 is 0. The van der Waals surface area contributed by atoms with E-state index in [9.17, 15) is 4.79 Å². The average Bonchev–Trinajstić information content (AvgIpc) is 3.00. The van der Waals surface area contributed by atoms with E-state index in [1.54, 1.807) is 0 Å². The van der Waals surface area contributed by atoms with Gasteiger partial charge in [-0.25, -0.2) is 0 Å². The second-order valence-corrected chi connectivity index (χ2v) is 7.23. The summed E-state index contributed by atoms with van der Waals surface area (Å²) in [6, 6.07) is 18.1. The fourth-order valence-corrected chi connectivity index (χ4v) is 3.88. The normalized spacial score (nSPS) is 17.0. The summed E-state index contributed by atoms with van der Waals surface area (Å²) >= 11 is 0. The molecule has 27 heavy (non-hydrogen) atoms. The van der Waals surface area contributed by atoms with Crippen LogP contribution in [0.2, 0.25) is 0 Å². The molecule has 0 aliphatic carbocycles. The average molecular weight is 381 g/mol. The van der Waals surface area contributed by atoms with Crippen LogP contribution >= 0.6 is 12.4 Å². The van der Waals surface area contributed by atoms with Gasteiger partial charge in [-0.3, -0.25) is 9.69 Å². The van der Waals surface area contributed by atoms with Crippen molar-refractivity contribution in [2.45, 2.75) is 19.4 Å². The molecular weight excluding hydrogens is 356 g/mol. The molecule has 0 atom stereocenters. The molecule has 0 spiro atoms. The summed E-state index contributed by atoms with van der Waals surface area (Å²) in [7, 11) is 0. The van der Waals surface area contributed by atoms with E-state index in [0.717, 1.165) is 56.7 Å². The molecule has 4 rings (SSSR count). The number of carbonyl (C=O) groups excluding carboxylic acids is 1. The molecule has 2 aliphatic heterocycles. The van der Waals surface area contributed by atoms with Gasteiger partial charge < -0.3 is 4.90 Å². The first kappa shape index (κ1) is 19.5. The lowest BCUT2D eigenvalue weighted by Crippen LogP contribution is -2.39. The SMILES string of the molecule is Cl.O=C1c2ccccc2CN1CC1CCN(CC#Cc2ccccc2)CC1. The minimum Gasteiger partial charge on any atom is -0.334 e. The summed E-state index contributed by atoms with van der Waals surface area (Å²) in [5, 5.41) is 0. The van der Waals surface area contributed by atoms with E-state index in [4.69, 9.17) is 0 Å². The Hall–Kier alpha value is -2.28. The topological polar surface area (TPSA) is 23.6 Å². The molecule has 0 bridgehead atoms. The number of hydrogen-bond acceptors (Lipinski definition) is 2. The lowest BCUT2D eigenvalue weighted by atomic mass is 9.96. The Labute approximate surface area is 167 Å². The smallest absolute Gasteiger partial charge is 0.254 e. The molecule has 0 unspecified atom stereocenters. The van der Waals surface area contributed by atoms with Crippen LogP contribution < -0.4 is 0 Å². The second-order valence-electron chi connectivity index (χ2n) is 7.23. The molecule has 2 aromatic carbocycles. The molecule has 2 aromatic rings. The van der Waals surface area contributed by atoms with E-state index in [1.165, 1.54) is 5.56 Å². The maximum atomic E-state index is 12.5. The molecule has 3 nitrogen and oxygen atoms in total. The molecule has 0 radical (unpaired) electrons. The number of rotatable bonds is 3. The molecule has 140 valence electrons. The summed E-state index contributed by atoms with van der Waals surface area (Å²) in [5.41, 5.74) is 3.14. The van der Waals surface area contributed by atoms with Crippen molar-refractivity contribution in [1.82, 2.24) is 9.80 Å². The lowest BCUT2D eigenvalue weighted by Gasteiger charge is -2.32. The van der Waals surface area contributed by atoms with Gasteiger partial charge in [0.25, 0.3) is 5.91 Å². The molecule has 1 amide bonds. The summed E-state index contributed by atoms with van der Waals surface area (Å²) in [6.07, 6.45) is 2.29. The van der Waals surface area contributed by atoms with Crippen LogP contribution in [0.15, 0.2) is 54.6 Å². The molecule has 0 N–H and O–H groups in total. The number of amides is 1. The number of piperidine rings is 1. The zero-order chi connectivity index (χ0) is 17.8. The zero-order valence-electron chi connectivity index (χ0n) is 15.4. The highest BCUT2D eigenvalue weighted by atomic mass is 35.5. The van der Waals surface area contributed by atoms with Crippen LogP contribution in [-0.4, -0.2) is 41.9 Å². The summed E-state index contributed by atoms with van der Waals surface area (Å²) in [4.78, 5) is 17.0. The predicted octanol–water partition coefficient (Wildman–Crippen LogP) is 3.83. The van der Waals surface area contributed by atoms with Crippen LogP contribution in [0, 0.1) is 17.8 Å². The molecule has 2 aliphatic rings. The number of hydrogen-bond donors (Lipinski definition) is 0. The van der Waals surface area contributed by atoms with Gasteiger partial charge in [-0.15, -0.1) is 12.4 Å². The zero-order valence-corrected chi connectivity index (χ0v) is 16.3. The fraction of sp³-hybridized carbons (Fsp3) is 0.348. The predicted molar refractivity (Wildman–Crippen MR) is 111 cm³/mol. The van der Waals surface area contributed by atoms with Crippen molar-refractivity contribution in [3.8, 4) is 11.8 Å². The van der Waals surface area contributed by atoms with Crippen LogP contribution in [0.5, 0.6) is 0 Å². The van der Waals surface area contributed by atoms with E-state index in [1.807, 2.05) is 53.4 Å². The number of benzene rings is 2. The number of carbonyl (C=O) groups is 1. The van der Waals surface area contributed by atoms with Crippen LogP contribution in [0.1, 0.15) is 34.3 Å². The third kappa shape index (κ3) is 4.71. The van der Waals surface area contributed by atoms with Crippen LogP contribution in [0.3, 0.4) is 0 Å².